The Labute approximate surface area is 249 Å². The van der Waals surface area contributed by atoms with Gasteiger partial charge in [-0.25, -0.2) is 4.57 Å². The molecule has 3 rings (SSSR count). The van der Waals surface area contributed by atoms with Gasteiger partial charge < -0.3 is 14.7 Å². The fourth-order valence-corrected chi connectivity index (χ4v) is 7.37. The van der Waals surface area contributed by atoms with Crippen molar-refractivity contribution in [1.82, 2.24) is 14.7 Å². The summed E-state index contributed by atoms with van der Waals surface area (Å²) >= 11 is 0. The molecule has 1 fully saturated rings. The summed E-state index contributed by atoms with van der Waals surface area (Å²) in [5, 5.41) is 0. The van der Waals surface area contributed by atoms with Crippen molar-refractivity contribution < 1.29 is 18.5 Å². The molecular weight excluding hydrogens is 533 g/mol. The summed E-state index contributed by atoms with van der Waals surface area (Å²) in [6, 6.07) is 21.3. The van der Waals surface area contributed by atoms with Gasteiger partial charge in [0.25, 0.3) is 0 Å². The van der Waals surface area contributed by atoms with Crippen molar-refractivity contribution in [2.75, 3.05) is 59.0 Å². The van der Waals surface area contributed by atoms with Crippen molar-refractivity contribution >= 4 is 7.82 Å². The summed E-state index contributed by atoms with van der Waals surface area (Å²) in [5.74, 6) is 0. The van der Waals surface area contributed by atoms with E-state index in [0.29, 0.717) is 12.8 Å². The first-order valence-electron chi connectivity index (χ1n) is 15.8. The average Bonchev–Trinajstić information content (AvgIpc) is 3.01. The molecular formula is C33H54N3O4P. The lowest BCUT2D eigenvalue weighted by Crippen LogP contribution is -2.48. The molecule has 230 valence electrons. The number of phosphoric acid groups is 1. The average molecular weight is 588 g/mol. The first-order valence-corrected chi connectivity index (χ1v) is 17.3. The van der Waals surface area contributed by atoms with E-state index >= 15 is 0 Å². The highest BCUT2D eigenvalue weighted by Gasteiger charge is 2.40. The van der Waals surface area contributed by atoms with Crippen molar-refractivity contribution in [2.24, 2.45) is 0 Å². The maximum atomic E-state index is 13.2. The van der Waals surface area contributed by atoms with Crippen LogP contribution in [0.15, 0.2) is 60.7 Å². The zero-order chi connectivity index (χ0) is 29.7. The Morgan fingerprint density at radius 2 is 1.29 bits per heavy atom. The van der Waals surface area contributed by atoms with Gasteiger partial charge in [-0.15, -0.1) is 0 Å². The van der Waals surface area contributed by atoms with Gasteiger partial charge in [-0.3, -0.25) is 13.9 Å². The number of phosphoric ester groups is 1. The number of benzene rings is 2. The molecule has 1 N–H and O–H groups in total. The highest BCUT2D eigenvalue weighted by Crippen LogP contribution is 2.51. The highest BCUT2D eigenvalue weighted by molar-refractivity contribution is 7.47. The smallest absolute Gasteiger partial charge is 0.303 e. The lowest BCUT2D eigenvalue weighted by atomic mass is 9.65. The Bertz CT molecular complexity index is 984. The van der Waals surface area contributed by atoms with E-state index in [1.54, 1.807) is 0 Å². The van der Waals surface area contributed by atoms with Crippen LogP contribution in [0.4, 0.5) is 0 Å². The summed E-state index contributed by atoms with van der Waals surface area (Å²) in [6.07, 6.45) is 2.80. The summed E-state index contributed by atoms with van der Waals surface area (Å²) < 4.78 is 24.8. The largest absolute Gasteiger partial charge is 0.472 e. The van der Waals surface area contributed by atoms with Crippen molar-refractivity contribution in [3.05, 3.63) is 71.8 Å². The number of hydrogen-bond acceptors (Lipinski definition) is 6. The molecule has 41 heavy (non-hydrogen) atoms. The van der Waals surface area contributed by atoms with Crippen LogP contribution in [0.1, 0.15) is 71.4 Å². The Morgan fingerprint density at radius 3 is 1.76 bits per heavy atom. The Morgan fingerprint density at radius 1 is 0.805 bits per heavy atom. The van der Waals surface area contributed by atoms with Crippen molar-refractivity contribution in [2.45, 2.75) is 77.9 Å². The normalized spacial score (nSPS) is 18.2. The van der Waals surface area contributed by atoms with E-state index in [4.69, 9.17) is 9.05 Å². The molecule has 1 aliphatic rings. The van der Waals surface area contributed by atoms with E-state index in [1.165, 1.54) is 11.1 Å². The maximum absolute atomic E-state index is 13.2. The second-order valence-corrected chi connectivity index (χ2v) is 12.6. The van der Waals surface area contributed by atoms with Crippen molar-refractivity contribution in [3.63, 3.8) is 0 Å². The molecule has 8 heteroatoms. The molecule has 2 unspecified atom stereocenters. The Balaban J connectivity index is 1.62. The Hall–Kier alpha value is -1.57. The van der Waals surface area contributed by atoms with Crippen LogP contribution < -0.4 is 0 Å². The van der Waals surface area contributed by atoms with Crippen molar-refractivity contribution in [1.29, 1.82) is 0 Å². The van der Waals surface area contributed by atoms with E-state index in [2.05, 4.69) is 97.8 Å². The molecule has 1 aliphatic carbocycles. The first kappa shape index (κ1) is 33.9. The van der Waals surface area contributed by atoms with Crippen LogP contribution in [0.5, 0.6) is 0 Å². The van der Waals surface area contributed by atoms with E-state index in [1.807, 2.05) is 12.1 Å². The Kier molecular flexibility index (Phi) is 14.0. The van der Waals surface area contributed by atoms with Crippen LogP contribution in [0, 0.1) is 0 Å². The lowest BCUT2D eigenvalue weighted by molar-refractivity contribution is 0.0460. The second-order valence-electron chi connectivity index (χ2n) is 11.2. The third-order valence-corrected chi connectivity index (χ3v) is 10.1. The van der Waals surface area contributed by atoms with Crippen LogP contribution in [0.2, 0.25) is 0 Å². The number of hydrogen-bond donors (Lipinski definition) is 1. The van der Waals surface area contributed by atoms with Gasteiger partial charge in [0.05, 0.1) is 12.7 Å². The molecule has 0 amide bonds. The fourth-order valence-electron chi connectivity index (χ4n) is 6.36. The molecule has 0 aliphatic heterocycles. The second kappa shape index (κ2) is 16.9. The molecule has 1 saturated carbocycles. The number of likely N-dealkylation sites (N-methyl/N-ethyl adjacent to an activating group) is 3. The molecule has 0 bridgehead atoms. The van der Waals surface area contributed by atoms with E-state index in [-0.39, 0.29) is 24.2 Å². The monoisotopic (exact) mass is 587 g/mol. The van der Waals surface area contributed by atoms with Gasteiger partial charge in [0.2, 0.25) is 0 Å². The van der Waals surface area contributed by atoms with Gasteiger partial charge in [0.15, 0.2) is 0 Å². The van der Waals surface area contributed by atoms with Gasteiger partial charge in [-0.2, -0.15) is 0 Å². The minimum absolute atomic E-state index is 0.0147. The molecule has 2 aromatic carbocycles. The minimum atomic E-state index is -4.21. The molecule has 0 saturated heterocycles. The van der Waals surface area contributed by atoms with Crippen molar-refractivity contribution in [3.8, 4) is 0 Å². The molecule has 0 heterocycles. The van der Waals surface area contributed by atoms with Gasteiger partial charge in [0.1, 0.15) is 0 Å². The standard InChI is InChI=1S/C33H54N3O4P/c1-6-34(7-2)25-26-35(8-3)27-31(36(9-4)10-5)28-39-41(37,38)40-32-21-23-33(24-22-32,29-17-13-11-14-18-29)30-19-15-12-16-20-30/h11-20,31-32H,6-10,21-28H2,1-5H3,(H,37,38). The van der Waals surface area contributed by atoms with Crippen LogP contribution in [-0.4, -0.2) is 90.7 Å². The van der Waals surface area contributed by atoms with Crippen LogP contribution in [-0.2, 0) is 19.0 Å². The molecule has 0 aromatic heterocycles. The number of nitrogens with zero attached hydrogens (tertiary/aromatic N) is 3. The summed E-state index contributed by atoms with van der Waals surface area (Å²) in [4.78, 5) is 18.0. The third-order valence-electron chi connectivity index (χ3n) is 9.02. The van der Waals surface area contributed by atoms with E-state index < -0.39 is 7.82 Å². The predicted octanol–water partition coefficient (Wildman–Crippen LogP) is 6.42. The van der Waals surface area contributed by atoms with Crippen LogP contribution >= 0.6 is 7.82 Å². The molecule has 0 radical (unpaired) electrons. The van der Waals surface area contributed by atoms with E-state index in [9.17, 15) is 9.46 Å². The summed E-state index contributed by atoms with van der Waals surface area (Å²) in [7, 11) is -4.21. The molecule has 2 atom stereocenters. The molecule has 0 spiro atoms. The molecule has 7 nitrogen and oxygen atoms in total. The quantitative estimate of drug-likeness (QED) is 0.202. The van der Waals surface area contributed by atoms with Gasteiger partial charge in [-0.05, 0) is 69.5 Å². The zero-order valence-corrected chi connectivity index (χ0v) is 27.0. The van der Waals surface area contributed by atoms with Crippen LogP contribution in [0.3, 0.4) is 0 Å². The predicted molar refractivity (Wildman–Crippen MR) is 169 cm³/mol. The number of rotatable bonds is 18. The zero-order valence-electron chi connectivity index (χ0n) is 26.1. The van der Waals surface area contributed by atoms with Gasteiger partial charge >= 0.3 is 7.82 Å². The van der Waals surface area contributed by atoms with Crippen LogP contribution in [0.25, 0.3) is 0 Å². The first-order chi connectivity index (χ1) is 19.8. The fraction of sp³-hybridized carbons (Fsp3) is 0.636. The lowest BCUT2D eigenvalue weighted by Gasteiger charge is -2.41. The summed E-state index contributed by atoms with van der Waals surface area (Å²) in [5.41, 5.74) is 2.46. The van der Waals surface area contributed by atoms with Gasteiger partial charge in [-0.1, -0.05) is 95.3 Å². The summed E-state index contributed by atoms with van der Waals surface area (Å²) in [6.45, 7) is 18.5. The topological polar surface area (TPSA) is 65.5 Å². The SMILES string of the molecule is CCN(CC)CCN(CC)CC(COP(=O)(O)OC1CCC(c2ccccc2)(c2ccccc2)CC1)N(CC)CC. The molecule has 2 aromatic rings. The highest BCUT2D eigenvalue weighted by atomic mass is 31.2. The van der Waals surface area contributed by atoms with E-state index in [0.717, 1.165) is 65.2 Å². The third kappa shape index (κ3) is 9.72. The van der Waals surface area contributed by atoms with Gasteiger partial charge in [0, 0.05) is 31.1 Å². The minimum Gasteiger partial charge on any atom is -0.303 e. The maximum Gasteiger partial charge on any atom is 0.472 e.